The summed E-state index contributed by atoms with van der Waals surface area (Å²) in [5, 5.41) is 0.732. The number of benzene rings is 1. The van der Waals surface area contributed by atoms with Crippen LogP contribution in [0.15, 0.2) is 24.3 Å². The Morgan fingerprint density at radius 3 is 2.56 bits per heavy atom. The molecule has 90 valence electrons. The quantitative estimate of drug-likeness (QED) is 0.744. The van der Waals surface area contributed by atoms with Crippen molar-refractivity contribution in [2.24, 2.45) is 5.73 Å². The largest absolute Gasteiger partial charge is 0.494 e. The van der Waals surface area contributed by atoms with Crippen LogP contribution in [0, 0.1) is 0 Å². The highest BCUT2D eigenvalue weighted by atomic mass is 35.5. The second-order valence-electron chi connectivity index (χ2n) is 3.75. The lowest BCUT2D eigenvalue weighted by Crippen LogP contribution is -2.27. The summed E-state index contributed by atoms with van der Waals surface area (Å²) in [6.45, 7) is 3.36. The van der Waals surface area contributed by atoms with E-state index >= 15 is 0 Å². The molecule has 0 heterocycles. The van der Waals surface area contributed by atoms with E-state index in [9.17, 15) is 0 Å². The maximum Gasteiger partial charge on any atom is 0.119 e. The lowest BCUT2D eigenvalue weighted by atomic mass is 10.3. The zero-order chi connectivity index (χ0) is 11.8. The molecule has 1 aromatic rings. The van der Waals surface area contributed by atoms with Crippen molar-refractivity contribution in [1.82, 2.24) is 4.90 Å². The van der Waals surface area contributed by atoms with Crippen molar-refractivity contribution in [2.75, 3.05) is 33.3 Å². The van der Waals surface area contributed by atoms with Crippen LogP contribution in [-0.2, 0) is 0 Å². The van der Waals surface area contributed by atoms with Crippen molar-refractivity contribution >= 4 is 11.6 Å². The minimum Gasteiger partial charge on any atom is -0.494 e. The highest BCUT2D eigenvalue weighted by Gasteiger charge is 1.97. The average molecular weight is 243 g/mol. The minimum atomic E-state index is 0.703. The van der Waals surface area contributed by atoms with E-state index < -0.39 is 0 Å². The van der Waals surface area contributed by atoms with Crippen LogP contribution in [0.1, 0.15) is 6.42 Å². The summed E-state index contributed by atoms with van der Waals surface area (Å²) in [5.74, 6) is 0.867. The second kappa shape index (κ2) is 7.49. The Morgan fingerprint density at radius 1 is 1.25 bits per heavy atom. The molecular formula is C12H19ClN2O. The van der Waals surface area contributed by atoms with E-state index in [4.69, 9.17) is 22.1 Å². The maximum atomic E-state index is 5.78. The lowest BCUT2D eigenvalue weighted by molar-refractivity contribution is 0.265. The highest BCUT2D eigenvalue weighted by Crippen LogP contribution is 2.15. The first kappa shape index (κ1) is 13.3. The van der Waals surface area contributed by atoms with Crippen molar-refractivity contribution in [3.8, 4) is 5.75 Å². The van der Waals surface area contributed by atoms with Gasteiger partial charge in [0, 0.05) is 24.7 Å². The fraction of sp³-hybridized carbons (Fsp3) is 0.500. The second-order valence-corrected chi connectivity index (χ2v) is 4.18. The number of hydrogen-bond acceptors (Lipinski definition) is 3. The van der Waals surface area contributed by atoms with Gasteiger partial charge in [0.1, 0.15) is 5.75 Å². The molecule has 0 saturated carbocycles. The number of nitrogens with two attached hydrogens (primary N) is 1. The smallest absolute Gasteiger partial charge is 0.119 e. The van der Waals surface area contributed by atoms with Crippen LogP contribution in [0.25, 0.3) is 0 Å². The van der Waals surface area contributed by atoms with Crippen LogP contribution < -0.4 is 10.5 Å². The molecule has 0 spiro atoms. The summed E-state index contributed by atoms with van der Waals surface area (Å²) >= 11 is 5.78. The van der Waals surface area contributed by atoms with Gasteiger partial charge in [0.2, 0.25) is 0 Å². The van der Waals surface area contributed by atoms with Crippen LogP contribution in [0.4, 0.5) is 0 Å². The molecule has 0 bridgehead atoms. The van der Waals surface area contributed by atoms with Gasteiger partial charge >= 0.3 is 0 Å². The van der Waals surface area contributed by atoms with Gasteiger partial charge in [0.05, 0.1) is 6.61 Å². The molecule has 0 amide bonds. The van der Waals surface area contributed by atoms with E-state index in [1.54, 1.807) is 0 Å². The normalized spacial score (nSPS) is 10.8. The number of halogens is 1. The van der Waals surface area contributed by atoms with Crippen molar-refractivity contribution in [3.63, 3.8) is 0 Å². The summed E-state index contributed by atoms with van der Waals surface area (Å²) in [5.41, 5.74) is 5.45. The lowest BCUT2D eigenvalue weighted by Gasteiger charge is -2.15. The fourth-order valence-electron chi connectivity index (χ4n) is 1.39. The zero-order valence-electron chi connectivity index (χ0n) is 9.66. The van der Waals surface area contributed by atoms with Gasteiger partial charge in [0.15, 0.2) is 0 Å². The van der Waals surface area contributed by atoms with Gasteiger partial charge < -0.3 is 15.4 Å². The molecule has 1 rings (SSSR count). The van der Waals surface area contributed by atoms with Gasteiger partial charge in [0.25, 0.3) is 0 Å². The first-order chi connectivity index (χ1) is 7.72. The summed E-state index contributed by atoms with van der Waals surface area (Å²) in [4.78, 5) is 2.20. The van der Waals surface area contributed by atoms with Crippen LogP contribution in [-0.4, -0.2) is 38.2 Å². The van der Waals surface area contributed by atoms with Crippen molar-refractivity contribution in [1.29, 1.82) is 0 Å². The Labute approximate surface area is 102 Å². The van der Waals surface area contributed by atoms with E-state index in [1.165, 1.54) is 0 Å². The molecule has 16 heavy (non-hydrogen) atoms. The number of ether oxygens (including phenoxy) is 1. The SMILES string of the molecule is CN(CCN)CCCOc1ccc(Cl)cc1. The molecule has 0 aliphatic rings. The zero-order valence-corrected chi connectivity index (χ0v) is 10.4. The molecule has 0 saturated heterocycles. The third-order valence-electron chi connectivity index (χ3n) is 2.28. The van der Waals surface area contributed by atoms with Crippen molar-refractivity contribution < 1.29 is 4.74 Å². The van der Waals surface area contributed by atoms with Crippen molar-refractivity contribution in [2.45, 2.75) is 6.42 Å². The molecule has 0 radical (unpaired) electrons. The molecule has 1 aromatic carbocycles. The molecule has 0 atom stereocenters. The molecule has 4 heteroatoms. The molecule has 0 unspecified atom stereocenters. The summed E-state index contributed by atoms with van der Waals surface area (Å²) in [6.07, 6.45) is 0.999. The molecule has 0 fully saturated rings. The van der Waals surface area contributed by atoms with Gasteiger partial charge in [-0.15, -0.1) is 0 Å². The van der Waals surface area contributed by atoms with Gasteiger partial charge in [-0.1, -0.05) is 11.6 Å². The Morgan fingerprint density at radius 2 is 1.94 bits per heavy atom. The third-order valence-corrected chi connectivity index (χ3v) is 2.53. The molecule has 0 aliphatic heterocycles. The topological polar surface area (TPSA) is 38.5 Å². The van der Waals surface area contributed by atoms with Gasteiger partial charge in [-0.3, -0.25) is 0 Å². The van der Waals surface area contributed by atoms with Gasteiger partial charge in [-0.25, -0.2) is 0 Å². The van der Waals surface area contributed by atoms with E-state index in [1.807, 2.05) is 24.3 Å². The van der Waals surface area contributed by atoms with Crippen molar-refractivity contribution in [3.05, 3.63) is 29.3 Å². The van der Waals surface area contributed by atoms with E-state index in [2.05, 4.69) is 11.9 Å². The predicted molar refractivity (Wildman–Crippen MR) is 68.1 cm³/mol. The number of rotatable bonds is 7. The van der Waals surface area contributed by atoms with E-state index in [0.29, 0.717) is 6.54 Å². The Kier molecular flexibility index (Phi) is 6.23. The Bertz CT molecular complexity index is 290. The first-order valence-electron chi connectivity index (χ1n) is 5.49. The average Bonchev–Trinajstić information content (AvgIpc) is 2.27. The maximum absolute atomic E-state index is 5.78. The van der Waals surface area contributed by atoms with Crippen LogP contribution >= 0.6 is 11.6 Å². The molecular weight excluding hydrogens is 224 g/mol. The highest BCUT2D eigenvalue weighted by molar-refractivity contribution is 6.30. The standard InChI is InChI=1S/C12H19ClN2O/c1-15(9-7-14)8-2-10-16-12-5-3-11(13)4-6-12/h3-6H,2,7-10,14H2,1H3. The Balaban J connectivity index is 2.13. The number of likely N-dealkylation sites (N-methyl/N-ethyl adjacent to an activating group) is 1. The van der Waals surface area contributed by atoms with Crippen LogP contribution in [0.3, 0.4) is 0 Å². The molecule has 3 nitrogen and oxygen atoms in total. The number of nitrogens with zero attached hydrogens (tertiary/aromatic N) is 1. The monoisotopic (exact) mass is 242 g/mol. The van der Waals surface area contributed by atoms with E-state index in [-0.39, 0.29) is 0 Å². The summed E-state index contributed by atoms with van der Waals surface area (Å²) in [6, 6.07) is 7.42. The summed E-state index contributed by atoms with van der Waals surface area (Å²) < 4.78 is 5.57. The van der Waals surface area contributed by atoms with Crippen LogP contribution in [0.5, 0.6) is 5.75 Å². The minimum absolute atomic E-state index is 0.703. The van der Waals surface area contributed by atoms with Gasteiger partial charge in [-0.2, -0.15) is 0 Å². The molecule has 0 aromatic heterocycles. The fourth-order valence-corrected chi connectivity index (χ4v) is 1.51. The molecule has 0 aliphatic carbocycles. The summed E-state index contributed by atoms with van der Waals surface area (Å²) in [7, 11) is 2.06. The molecule has 2 N–H and O–H groups in total. The van der Waals surface area contributed by atoms with Gasteiger partial charge in [-0.05, 0) is 37.7 Å². The third kappa shape index (κ3) is 5.35. The van der Waals surface area contributed by atoms with Crippen LogP contribution in [0.2, 0.25) is 5.02 Å². The first-order valence-corrected chi connectivity index (χ1v) is 5.87. The van der Waals surface area contributed by atoms with E-state index in [0.717, 1.165) is 36.9 Å². The Hall–Kier alpha value is -0.770. The number of hydrogen-bond donors (Lipinski definition) is 1. The predicted octanol–water partition coefficient (Wildman–Crippen LogP) is 2.00.